The molecule has 0 bridgehead atoms. The number of oxazole rings is 1. The fourth-order valence-corrected chi connectivity index (χ4v) is 3.47. The summed E-state index contributed by atoms with van der Waals surface area (Å²) < 4.78 is 7.21. The molecule has 23 heavy (non-hydrogen) atoms. The average molecular weight is 309 g/mol. The molecule has 5 heteroatoms. The molecule has 0 unspecified atom stereocenters. The normalized spacial score (nSPS) is 19.2. The maximum absolute atomic E-state index is 12.3. The predicted octanol–water partition coefficient (Wildman–Crippen LogP) is 2.83. The van der Waals surface area contributed by atoms with Crippen LogP contribution in [0.25, 0.3) is 11.1 Å². The van der Waals surface area contributed by atoms with Crippen LogP contribution >= 0.6 is 0 Å². The zero-order valence-electron chi connectivity index (χ0n) is 12.9. The van der Waals surface area contributed by atoms with Gasteiger partial charge < -0.3 is 4.42 Å². The largest absolute Gasteiger partial charge is 0.420 e. The standard InChI is InChI=1S/C18H19N3O2/c22-18-21(16-7-1-2-8-17(16)23-18)15-6-4-10-20(13-15)12-14-5-3-9-19-11-14/h1-3,5,7-9,11,15H,4,6,10,12-13H2/t15-/m1/s1. The topological polar surface area (TPSA) is 51.3 Å². The first-order valence-corrected chi connectivity index (χ1v) is 8.02. The van der Waals surface area contributed by atoms with E-state index < -0.39 is 0 Å². The van der Waals surface area contributed by atoms with Gasteiger partial charge in [-0.25, -0.2) is 4.79 Å². The van der Waals surface area contributed by atoms with Crippen molar-refractivity contribution in [2.24, 2.45) is 0 Å². The van der Waals surface area contributed by atoms with Crippen molar-refractivity contribution in [2.45, 2.75) is 25.4 Å². The minimum atomic E-state index is -0.251. The number of hydrogen-bond donors (Lipinski definition) is 0. The summed E-state index contributed by atoms with van der Waals surface area (Å²) in [5.41, 5.74) is 2.77. The Hall–Kier alpha value is -2.40. The smallest absolute Gasteiger partial charge is 0.408 e. The van der Waals surface area contributed by atoms with Gasteiger partial charge in [0, 0.05) is 25.5 Å². The molecule has 3 heterocycles. The highest BCUT2D eigenvalue weighted by molar-refractivity contribution is 5.72. The predicted molar refractivity (Wildman–Crippen MR) is 88.3 cm³/mol. The van der Waals surface area contributed by atoms with Crippen molar-refractivity contribution in [1.29, 1.82) is 0 Å². The van der Waals surface area contributed by atoms with Gasteiger partial charge in [-0.2, -0.15) is 0 Å². The van der Waals surface area contributed by atoms with Crippen molar-refractivity contribution in [3.8, 4) is 0 Å². The molecule has 1 aromatic carbocycles. The number of hydrogen-bond acceptors (Lipinski definition) is 4. The molecule has 5 nitrogen and oxygen atoms in total. The van der Waals surface area contributed by atoms with Crippen molar-refractivity contribution >= 4 is 11.1 Å². The minimum Gasteiger partial charge on any atom is -0.408 e. The van der Waals surface area contributed by atoms with Crippen LogP contribution in [-0.4, -0.2) is 27.5 Å². The summed E-state index contributed by atoms with van der Waals surface area (Å²) in [5, 5.41) is 0. The zero-order valence-corrected chi connectivity index (χ0v) is 12.9. The van der Waals surface area contributed by atoms with Crippen LogP contribution in [0.2, 0.25) is 0 Å². The SMILES string of the molecule is O=c1oc2ccccc2n1[C@@H]1CCCN(Cc2cccnc2)C1. The highest BCUT2D eigenvalue weighted by Crippen LogP contribution is 2.25. The van der Waals surface area contributed by atoms with Crippen molar-refractivity contribution in [2.75, 3.05) is 13.1 Å². The van der Waals surface area contributed by atoms with Gasteiger partial charge in [0.1, 0.15) is 0 Å². The maximum Gasteiger partial charge on any atom is 0.420 e. The molecule has 0 radical (unpaired) electrons. The van der Waals surface area contributed by atoms with E-state index >= 15 is 0 Å². The molecule has 4 rings (SSSR count). The molecule has 3 aromatic rings. The summed E-state index contributed by atoms with van der Waals surface area (Å²) in [6.45, 7) is 2.78. The fraction of sp³-hybridized carbons (Fsp3) is 0.333. The Morgan fingerprint density at radius 2 is 2.13 bits per heavy atom. The van der Waals surface area contributed by atoms with Crippen LogP contribution in [0.5, 0.6) is 0 Å². The van der Waals surface area contributed by atoms with Crippen LogP contribution < -0.4 is 5.76 Å². The van der Waals surface area contributed by atoms with Gasteiger partial charge in [0.2, 0.25) is 0 Å². The first-order chi connectivity index (χ1) is 11.3. The summed E-state index contributed by atoms with van der Waals surface area (Å²) in [7, 11) is 0. The molecule has 0 aliphatic carbocycles. The van der Waals surface area contributed by atoms with Gasteiger partial charge >= 0.3 is 5.76 Å². The monoisotopic (exact) mass is 309 g/mol. The van der Waals surface area contributed by atoms with E-state index in [0.29, 0.717) is 5.58 Å². The second kappa shape index (κ2) is 6.01. The molecule has 118 valence electrons. The molecule has 1 aliphatic rings. The molecule has 1 aliphatic heterocycles. The molecule has 1 fully saturated rings. The third-order valence-corrected chi connectivity index (χ3v) is 4.49. The quantitative estimate of drug-likeness (QED) is 0.746. The lowest BCUT2D eigenvalue weighted by molar-refractivity contribution is 0.167. The van der Waals surface area contributed by atoms with E-state index in [2.05, 4.69) is 16.0 Å². The lowest BCUT2D eigenvalue weighted by atomic mass is 10.0. The number of nitrogens with zero attached hydrogens (tertiary/aromatic N) is 3. The lowest BCUT2D eigenvalue weighted by Gasteiger charge is -2.32. The lowest BCUT2D eigenvalue weighted by Crippen LogP contribution is -2.38. The van der Waals surface area contributed by atoms with Crippen molar-refractivity contribution in [3.63, 3.8) is 0 Å². The van der Waals surface area contributed by atoms with Gasteiger partial charge in [0.25, 0.3) is 0 Å². The molecule has 0 amide bonds. The van der Waals surface area contributed by atoms with E-state index in [4.69, 9.17) is 4.42 Å². The van der Waals surface area contributed by atoms with E-state index in [1.54, 1.807) is 6.20 Å². The molecule has 0 N–H and O–H groups in total. The summed E-state index contributed by atoms with van der Waals surface area (Å²) in [4.78, 5) is 18.8. The highest BCUT2D eigenvalue weighted by atomic mass is 16.4. The van der Waals surface area contributed by atoms with Gasteiger partial charge in [-0.15, -0.1) is 0 Å². The Bertz CT molecular complexity index is 853. The van der Waals surface area contributed by atoms with Crippen molar-refractivity contribution in [1.82, 2.24) is 14.5 Å². The second-order valence-corrected chi connectivity index (χ2v) is 6.10. The molecule has 1 saturated heterocycles. The number of fused-ring (bicyclic) bond motifs is 1. The Kier molecular flexibility index (Phi) is 3.71. The van der Waals surface area contributed by atoms with Crippen LogP contribution in [0.1, 0.15) is 24.4 Å². The van der Waals surface area contributed by atoms with Crippen molar-refractivity contribution in [3.05, 3.63) is 64.9 Å². The average Bonchev–Trinajstić information content (AvgIpc) is 2.92. The summed E-state index contributed by atoms with van der Waals surface area (Å²) in [6.07, 6.45) is 5.78. The van der Waals surface area contributed by atoms with Gasteiger partial charge in [-0.05, 0) is 43.1 Å². The van der Waals surface area contributed by atoms with Crippen LogP contribution in [0.15, 0.2) is 58.0 Å². The fourth-order valence-electron chi connectivity index (χ4n) is 3.47. The third-order valence-electron chi connectivity index (χ3n) is 4.49. The zero-order chi connectivity index (χ0) is 15.6. The van der Waals surface area contributed by atoms with E-state index in [-0.39, 0.29) is 11.8 Å². The third kappa shape index (κ3) is 2.80. The first-order valence-electron chi connectivity index (χ1n) is 8.02. The Morgan fingerprint density at radius 3 is 3.00 bits per heavy atom. The van der Waals surface area contributed by atoms with Gasteiger partial charge in [0.15, 0.2) is 5.58 Å². The summed E-state index contributed by atoms with van der Waals surface area (Å²) in [5.74, 6) is -0.251. The van der Waals surface area contributed by atoms with Crippen LogP contribution in [0, 0.1) is 0 Å². The second-order valence-electron chi connectivity index (χ2n) is 6.10. The maximum atomic E-state index is 12.3. The van der Waals surface area contributed by atoms with E-state index in [1.807, 2.05) is 41.1 Å². The Balaban J connectivity index is 1.59. The van der Waals surface area contributed by atoms with Gasteiger partial charge in [-0.3, -0.25) is 14.5 Å². The Morgan fingerprint density at radius 1 is 1.22 bits per heavy atom. The van der Waals surface area contributed by atoms with Gasteiger partial charge in [0.05, 0.1) is 11.6 Å². The van der Waals surface area contributed by atoms with Crippen LogP contribution in [-0.2, 0) is 6.54 Å². The number of aromatic nitrogens is 2. The van der Waals surface area contributed by atoms with Gasteiger partial charge in [-0.1, -0.05) is 18.2 Å². The number of benzene rings is 1. The molecular weight excluding hydrogens is 290 g/mol. The molecule has 1 atom stereocenters. The van der Waals surface area contributed by atoms with Crippen LogP contribution in [0.4, 0.5) is 0 Å². The number of para-hydroxylation sites is 2. The number of likely N-dealkylation sites (tertiary alicyclic amines) is 1. The summed E-state index contributed by atoms with van der Waals surface area (Å²) >= 11 is 0. The molecular formula is C18H19N3O2. The molecule has 0 saturated carbocycles. The minimum absolute atomic E-state index is 0.163. The van der Waals surface area contributed by atoms with Crippen molar-refractivity contribution < 1.29 is 4.42 Å². The highest BCUT2D eigenvalue weighted by Gasteiger charge is 2.25. The number of pyridine rings is 1. The van der Waals surface area contributed by atoms with E-state index in [0.717, 1.165) is 38.0 Å². The number of rotatable bonds is 3. The first kappa shape index (κ1) is 14.2. The van der Waals surface area contributed by atoms with Crippen LogP contribution in [0.3, 0.4) is 0 Å². The van der Waals surface area contributed by atoms with E-state index in [9.17, 15) is 4.79 Å². The summed E-state index contributed by atoms with van der Waals surface area (Å²) in [6, 6.07) is 11.9. The Labute approximate surface area is 134 Å². The number of piperidine rings is 1. The molecule has 2 aromatic heterocycles. The molecule has 0 spiro atoms. The van der Waals surface area contributed by atoms with E-state index in [1.165, 1.54) is 5.56 Å².